The summed E-state index contributed by atoms with van der Waals surface area (Å²) in [4.78, 5) is 40.9. The lowest BCUT2D eigenvalue weighted by Gasteiger charge is -2.21. The number of rotatable bonds is 5. The molecule has 10 nitrogen and oxygen atoms in total. The van der Waals surface area contributed by atoms with Gasteiger partial charge in [-0.15, -0.1) is 11.6 Å². The van der Waals surface area contributed by atoms with E-state index in [0.29, 0.717) is 0 Å². The molecule has 1 aliphatic heterocycles. The Balaban J connectivity index is 1.62. The molecule has 0 spiro atoms. The second kappa shape index (κ2) is 9.51. The molecule has 0 aliphatic carbocycles. The molecule has 2 aromatic carbocycles. The highest BCUT2D eigenvalue weighted by Crippen LogP contribution is 2.36. The summed E-state index contributed by atoms with van der Waals surface area (Å²) in [5.74, 6) is -1.19. The zero-order chi connectivity index (χ0) is 24.5. The zero-order valence-corrected chi connectivity index (χ0v) is 18.9. The normalized spacial score (nSPS) is 21.8. The summed E-state index contributed by atoms with van der Waals surface area (Å²) in [5.41, 5.74) is 0.979. The topological polar surface area (TPSA) is 131 Å². The zero-order valence-electron chi connectivity index (χ0n) is 18.2. The average Bonchev–Trinajstić information content (AvgIpc) is 3.46. The molecule has 35 heavy (non-hydrogen) atoms. The number of ether oxygens (including phenoxy) is 1. The van der Waals surface area contributed by atoms with Crippen molar-refractivity contribution in [1.29, 1.82) is 0 Å². The Bertz CT molecular complexity index is 1320. The minimum absolute atomic E-state index is 0.0140. The first-order valence-corrected chi connectivity index (χ1v) is 11.2. The second-order valence-electron chi connectivity index (χ2n) is 7.88. The minimum Gasteiger partial charge on any atom is -0.394 e. The summed E-state index contributed by atoms with van der Waals surface area (Å²) in [6, 6.07) is 16.7. The number of carbonyl (C=O) groups is 2. The quantitative estimate of drug-likeness (QED) is 0.319. The van der Waals surface area contributed by atoms with E-state index >= 15 is 0 Å². The van der Waals surface area contributed by atoms with Crippen molar-refractivity contribution < 1.29 is 24.5 Å². The first-order valence-electron chi connectivity index (χ1n) is 10.8. The summed E-state index contributed by atoms with van der Waals surface area (Å²) in [7, 11) is 0. The fourth-order valence-corrected chi connectivity index (χ4v) is 4.32. The van der Waals surface area contributed by atoms with Crippen LogP contribution in [-0.2, 0) is 4.74 Å². The Labute approximate surface area is 204 Å². The van der Waals surface area contributed by atoms with Crippen LogP contribution in [0.1, 0.15) is 26.9 Å². The van der Waals surface area contributed by atoms with Crippen LogP contribution in [0, 0.1) is 0 Å². The SMILES string of the molecule is O=C(c1ccccc1)N(C(=O)c1ccccc1)c1ncnc2c1ncn2[C@@H]1O[C@H](CO)[C@@H](O)[C@H]1Cl. The molecule has 2 N–H and O–H groups in total. The maximum absolute atomic E-state index is 13.5. The second-order valence-corrected chi connectivity index (χ2v) is 8.39. The number of aliphatic hydroxyl groups is 2. The number of amides is 2. The lowest BCUT2D eigenvalue weighted by molar-refractivity contribution is -0.0431. The number of fused-ring (bicyclic) bond motifs is 1. The van der Waals surface area contributed by atoms with Crippen molar-refractivity contribution in [2.75, 3.05) is 11.5 Å². The fourth-order valence-electron chi connectivity index (χ4n) is 3.97. The number of carbonyl (C=O) groups excluding carboxylic acids is 2. The molecule has 11 heteroatoms. The van der Waals surface area contributed by atoms with Crippen LogP contribution >= 0.6 is 11.6 Å². The number of imide groups is 1. The van der Waals surface area contributed by atoms with Gasteiger partial charge >= 0.3 is 0 Å². The maximum atomic E-state index is 13.5. The van der Waals surface area contributed by atoms with Gasteiger partial charge in [0, 0.05) is 11.1 Å². The first kappa shape index (κ1) is 23.1. The van der Waals surface area contributed by atoms with Crippen molar-refractivity contribution in [3.63, 3.8) is 0 Å². The molecular formula is C24H20ClN5O5. The van der Waals surface area contributed by atoms with Crippen molar-refractivity contribution in [3.05, 3.63) is 84.4 Å². The van der Waals surface area contributed by atoms with Gasteiger partial charge in [-0.05, 0) is 24.3 Å². The van der Waals surface area contributed by atoms with Gasteiger partial charge in [-0.2, -0.15) is 0 Å². The van der Waals surface area contributed by atoms with Gasteiger partial charge in [-0.3, -0.25) is 14.2 Å². The molecule has 4 atom stereocenters. The number of imidazole rings is 1. The van der Waals surface area contributed by atoms with E-state index in [2.05, 4.69) is 15.0 Å². The van der Waals surface area contributed by atoms with Crippen molar-refractivity contribution in [1.82, 2.24) is 19.5 Å². The fraction of sp³-hybridized carbons (Fsp3) is 0.208. The summed E-state index contributed by atoms with van der Waals surface area (Å²) in [6.45, 7) is -0.418. The molecule has 2 aromatic heterocycles. The predicted molar refractivity (Wildman–Crippen MR) is 126 cm³/mol. The average molecular weight is 494 g/mol. The lowest BCUT2D eigenvalue weighted by atomic mass is 10.1. The number of hydrogen-bond donors (Lipinski definition) is 2. The van der Waals surface area contributed by atoms with E-state index in [-0.39, 0.29) is 28.1 Å². The third-order valence-electron chi connectivity index (χ3n) is 5.75. The van der Waals surface area contributed by atoms with Crippen LogP contribution in [0.15, 0.2) is 73.3 Å². The maximum Gasteiger partial charge on any atom is 0.266 e. The molecule has 0 bridgehead atoms. The van der Waals surface area contributed by atoms with Crippen LogP contribution in [-0.4, -0.2) is 65.7 Å². The summed E-state index contributed by atoms with van der Waals surface area (Å²) in [5, 5.41) is 18.8. The highest BCUT2D eigenvalue weighted by Gasteiger charge is 2.44. The third-order valence-corrected chi connectivity index (χ3v) is 6.22. The molecule has 4 aromatic rings. The summed E-state index contributed by atoms with van der Waals surface area (Å²) < 4.78 is 7.19. The van der Waals surface area contributed by atoms with Gasteiger partial charge in [0.05, 0.1) is 12.9 Å². The Morgan fingerprint density at radius 1 is 0.971 bits per heavy atom. The van der Waals surface area contributed by atoms with E-state index in [1.165, 1.54) is 17.2 Å². The van der Waals surface area contributed by atoms with Crippen molar-refractivity contribution in [2.45, 2.75) is 23.8 Å². The molecule has 1 aliphatic rings. The van der Waals surface area contributed by atoms with Gasteiger partial charge < -0.3 is 14.9 Å². The van der Waals surface area contributed by atoms with Crippen molar-refractivity contribution >= 4 is 40.4 Å². The van der Waals surface area contributed by atoms with Gasteiger partial charge in [-0.1, -0.05) is 36.4 Å². The molecule has 1 fully saturated rings. The van der Waals surface area contributed by atoms with Gasteiger partial charge in [0.15, 0.2) is 23.2 Å². The molecule has 0 radical (unpaired) electrons. The van der Waals surface area contributed by atoms with Crippen LogP contribution < -0.4 is 4.90 Å². The monoisotopic (exact) mass is 493 g/mol. The third kappa shape index (κ3) is 4.06. The number of aliphatic hydroxyl groups excluding tert-OH is 2. The number of nitrogens with zero attached hydrogens (tertiary/aromatic N) is 5. The van der Waals surface area contributed by atoms with Gasteiger partial charge in [0.25, 0.3) is 11.8 Å². The van der Waals surface area contributed by atoms with E-state index in [9.17, 15) is 19.8 Å². The standard InChI is InChI=1S/C24H20ClN5O5/c25-17-19(32)16(11-31)35-24(17)29-13-28-18-20(29)26-12-27-21(18)30(22(33)14-7-3-1-4-8-14)23(34)15-9-5-2-6-10-15/h1-10,12-13,16-17,19,24,31-32H,11H2/t16-,17-,19-,24-/m1/s1. The molecule has 5 rings (SSSR count). The highest BCUT2D eigenvalue weighted by molar-refractivity contribution is 6.27. The molecule has 0 unspecified atom stereocenters. The first-order chi connectivity index (χ1) is 17.0. The Morgan fingerprint density at radius 2 is 1.57 bits per heavy atom. The molecule has 178 valence electrons. The Kier molecular flexibility index (Phi) is 6.27. The van der Waals surface area contributed by atoms with Crippen LogP contribution in [0.2, 0.25) is 0 Å². The summed E-state index contributed by atoms with van der Waals surface area (Å²) in [6.07, 6.45) is -0.289. The number of hydrogen-bond acceptors (Lipinski definition) is 8. The highest BCUT2D eigenvalue weighted by atomic mass is 35.5. The van der Waals surface area contributed by atoms with Crippen LogP contribution in [0.5, 0.6) is 0 Å². The van der Waals surface area contributed by atoms with Crippen LogP contribution in [0.3, 0.4) is 0 Å². The smallest absolute Gasteiger partial charge is 0.266 e. The molecule has 0 saturated carbocycles. The van der Waals surface area contributed by atoms with E-state index in [1.54, 1.807) is 60.7 Å². The van der Waals surface area contributed by atoms with Gasteiger partial charge in [0.1, 0.15) is 23.9 Å². The predicted octanol–water partition coefficient (Wildman–Crippen LogP) is 2.17. The van der Waals surface area contributed by atoms with Gasteiger partial charge in [0.2, 0.25) is 0 Å². The van der Waals surface area contributed by atoms with E-state index in [4.69, 9.17) is 16.3 Å². The molecule has 3 heterocycles. The van der Waals surface area contributed by atoms with Crippen LogP contribution in [0.25, 0.3) is 11.2 Å². The molecule has 2 amide bonds. The van der Waals surface area contributed by atoms with Crippen molar-refractivity contribution in [2.24, 2.45) is 0 Å². The minimum atomic E-state index is -1.11. The molecular weight excluding hydrogens is 474 g/mol. The number of benzene rings is 2. The lowest BCUT2D eigenvalue weighted by Crippen LogP contribution is -2.38. The van der Waals surface area contributed by atoms with E-state index < -0.39 is 42.2 Å². The summed E-state index contributed by atoms with van der Waals surface area (Å²) >= 11 is 6.36. The van der Waals surface area contributed by atoms with Crippen molar-refractivity contribution in [3.8, 4) is 0 Å². The van der Waals surface area contributed by atoms with E-state index in [1.807, 2.05) is 0 Å². The van der Waals surface area contributed by atoms with Crippen LogP contribution in [0.4, 0.5) is 5.82 Å². The number of halogens is 1. The Morgan fingerprint density at radius 3 is 2.11 bits per heavy atom. The largest absolute Gasteiger partial charge is 0.394 e. The van der Waals surface area contributed by atoms with E-state index in [0.717, 1.165) is 4.90 Å². The number of aromatic nitrogens is 4. The van der Waals surface area contributed by atoms with Gasteiger partial charge in [-0.25, -0.2) is 19.9 Å². The number of alkyl halides is 1. The number of anilines is 1. The molecule has 1 saturated heterocycles. The Hall–Kier alpha value is -3.70.